The lowest BCUT2D eigenvalue weighted by Crippen LogP contribution is -2.30. The van der Waals surface area contributed by atoms with E-state index in [2.05, 4.69) is 52.3 Å². The molecule has 0 aliphatic heterocycles. The first kappa shape index (κ1) is 14.2. The largest absolute Gasteiger partial charge is 0.338 e. The molecule has 2 aromatic rings. The molecule has 1 aromatic heterocycles. The molecule has 1 heterocycles. The van der Waals surface area contributed by atoms with Crippen LogP contribution in [0.3, 0.4) is 0 Å². The van der Waals surface area contributed by atoms with Crippen LogP contribution in [0.4, 0.5) is 0 Å². The van der Waals surface area contributed by atoms with Gasteiger partial charge in [-0.3, -0.25) is 11.3 Å². The quantitative estimate of drug-likeness (QED) is 0.672. The van der Waals surface area contributed by atoms with Crippen molar-refractivity contribution >= 4 is 15.9 Å². The van der Waals surface area contributed by atoms with Crippen LogP contribution < -0.4 is 11.3 Å². The molecule has 4 nitrogen and oxygen atoms in total. The molecule has 0 fully saturated rings. The second kappa shape index (κ2) is 5.86. The Morgan fingerprint density at radius 3 is 2.47 bits per heavy atom. The van der Waals surface area contributed by atoms with Gasteiger partial charge in [0, 0.05) is 30.3 Å². The Hall–Kier alpha value is -1.17. The van der Waals surface area contributed by atoms with Crippen LogP contribution in [0.1, 0.15) is 28.6 Å². The van der Waals surface area contributed by atoms with E-state index in [0.29, 0.717) is 0 Å². The van der Waals surface area contributed by atoms with Crippen molar-refractivity contribution in [3.8, 4) is 0 Å². The van der Waals surface area contributed by atoms with Crippen LogP contribution in [-0.4, -0.2) is 9.55 Å². The summed E-state index contributed by atoms with van der Waals surface area (Å²) in [6.45, 7) is 4.18. The summed E-state index contributed by atoms with van der Waals surface area (Å²) in [6.07, 6.45) is 4.52. The van der Waals surface area contributed by atoms with Crippen molar-refractivity contribution in [1.82, 2.24) is 15.0 Å². The third-order valence-corrected chi connectivity index (χ3v) is 4.62. The molecule has 0 amide bonds. The Morgan fingerprint density at radius 2 is 2.00 bits per heavy atom. The minimum atomic E-state index is 0.0617. The molecular formula is C14H19BrN4. The fourth-order valence-electron chi connectivity index (χ4n) is 2.23. The van der Waals surface area contributed by atoms with Crippen LogP contribution in [-0.2, 0) is 13.5 Å². The van der Waals surface area contributed by atoms with Gasteiger partial charge in [-0.05, 0) is 30.5 Å². The molecule has 0 bridgehead atoms. The number of hydrogen-bond donors (Lipinski definition) is 2. The average Bonchev–Trinajstić information content (AvgIpc) is 2.78. The Bertz CT molecular complexity index is 554. The molecular weight excluding hydrogens is 304 g/mol. The van der Waals surface area contributed by atoms with E-state index in [1.807, 2.05) is 17.8 Å². The lowest BCUT2D eigenvalue weighted by molar-refractivity contribution is 0.529. The average molecular weight is 323 g/mol. The summed E-state index contributed by atoms with van der Waals surface area (Å²) in [5.74, 6) is 6.73. The van der Waals surface area contributed by atoms with E-state index < -0.39 is 0 Å². The summed E-state index contributed by atoms with van der Waals surface area (Å²) in [4.78, 5) is 4.35. The van der Waals surface area contributed by atoms with Crippen molar-refractivity contribution in [2.24, 2.45) is 12.9 Å². The summed E-state index contributed by atoms with van der Waals surface area (Å²) >= 11 is 3.59. The number of nitrogens with one attached hydrogen (secondary N) is 1. The SMILES string of the molecule is Cc1cc(C(Cc2nccn2C)NN)cc(C)c1Br. The number of aromatic nitrogens is 2. The molecule has 0 saturated heterocycles. The Kier molecular flexibility index (Phi) is 4.39. The normalized spacial score (nSPS) is 12.7. The Morgan fingerprint density at radius 1 is 1.37 bits per heavy atom. The van der Waals surface area contributed by atoms with Crippen molar-refractivity contribution in [2.45, 2.75) is 26.3 Å². The van der Waals surface area contributed by atoms with Gasteiger partial charge in [-0.25, -0.2) is 4.98 Å². The van der Waals surface area contributed by atoms with Crippen molar-refractivity contribution in [2.75, 3.05) is 0 Å². The Balaban J connectivity index is 2.30. The van der Waals surface area contributed by atoms with Gasteiger partial charge in [-0.1, -0.05) is 28.1 Å². The third-order valence-electron chi connectivity index (χ3n) is 3.37. The molecule has 0 radical (unpaired) electrons. The van der Waals surface area contributed by atoms with Gasteiger partial charge in [0.1, 0.15) is 5.82 Å². The number of benzene rings is 1. The first-order valence-corrected chi connectivity index (χ1v) is 7.01. The highest BCUT2D eigenvalue weighted by molar-refractivity contribution is 9.10. The molecule has 5 heteroatoms. The molecule has 0 spiro atoms. The zero-order valence-electron chi connectivity index (χ0n) is 11.4. The lowest BCUT2D eigenvalue weighted by atomic mass is 9.99. The van der Waals surface area contributed by atoms with Gasteiger partial charge < -0.3 is 4.57 Å². The standard InChI is InChI=1S/C14H19BrN4/c1-9-6-11(7-10(2)14(9)15)12(18-16)8-13-17-4-5-19(13)3/h4-7,12,18H,8,16H2,1-3H3. The van der Waals surface area contributed by atoms with Crippen LogP contribution in [0.2, 0.25) is 0 Å². The number of nitrogens with zero attached hydrogens (tertiary/aromatic N) is 2. The maximum Gasteiger partial charge on any atom is 0.110 e. The van der Waals surface area contributed by atoms with Crippen LogP contribution in [0, 0.1) is 13.8 Å². The van der Waals surface area contributed by atoms with Crippen LogP contribution in [0.15, 0.2) is 29.0 Å². The van der Waals surface area contributed by atoms with E-state index in [0.717, 1.165) is 16.7 Å². The maximum atomic E-state index is 5.71. The fourth-order valence-corrected chi connectivity index (χ4v) is 2.46. The van der Waals surface area contributed by atoms with E-state index in [9.17, 15) is 0 Å². The molecule has 0 aliphatic carbocycles. The predicted octanol–water partition coefficient (Wildman–Crippen LogP) is 2.55. The summed E-state index contributed by atoms with van der Waals surface area (Å²) < 4.78 is 3.17. The summed E-state index contributed by atoms with van der Waals surface area (Å²) in [7, 11) is 1.99. The first-order chi connectivity index (χ1) is 9.02. The van der Waals surface area contributed by atoms with Crippen molar-refractivity contribution < 1.29 is 0 Å². The highest BCUT2D eigenvalue weighted by Crippen LogP contribution is 2.26. The van der Waals surface area contributed by atoms with Gasteiger partial charge in [-0.2, -0.15) is 0 Å². The highest BCUT2D eigenvalue weighted by Gasteiger charge is 2.15. The third kappa shape index (κ3) is 3.05. The van der Waals surface area contributed by atoms with Gasteiger partial charge in [0.2, 0.25) is 0 Å². The number of rotatable bonds is 4. The molecule has 3 N–H and O–H groups in total. The molecule has 0 aliphatic rings. The summed E-state index contributed by atoms with van der Waals surface area (Å²) in [5, 5.41) is 0. The summed E-state index contributed by atoms with van der Waals surface area (Å²) in [5.41, 5.74) is 6.51. The maximum absolute atomic E-state index is 5.71. The first-order valence-electron chi connectivity index (χ1n) is 6.22. The van der Waals surface area contributed by atoms with Crippen molar-refractivity contribution in [3.63, 3.8) is 0 Å². The highest BCUT2D eigenvalue weighted by atomic mass is 79.9. The molecule has 1 aromatic carbocycles. The fraction of sp³-hybridized carbons (Fsp3) is 0.357. The van der Waals surface area contributed by atoms with E-state index in [1.54, 1.807) is 6.20 Å². The zero-order valence-corrected chi connectivity index (χ0v) is 13.0. The lowest BCUT2D eigenvalue weighted by Gasteiger charge is -2.18. The molecule has 102 valence electrons. The number of aryl methyl sites for hydroxylation is 3. The van der Waals surface area contributed by atoms with Gasteiger partial charge in [0.05, 0.1) is 6.04 Å². The van der Waals surface area contributed by atoms with Crippen LogP contribution >= 0.6 is 15.9 Å². The van der Waals surface area contributed by atoms with E-state index in [4.69, 9.17) is 5.84 Å². The number of hydrazine groups is 1. The second-order valence-electron chi connectivity index (χ2n) is 4.85. The minimum Gasteiger partial charge on any atom is -0.338 e. The van der Waals surface area contributed by atoms with E-state index in [-0.39, 0.29) is 6.04 Å². The number of halogens is 1. The Labute approximate surface area is 122 Å². The monoisotopic (exact) mass is 322 g/mol. The molecule has 19 heavy (non-hydrogen) atoms. The number of nitrogens with two attached hydrogens (primary N) is 1. The van der Waals surface area contributed by atoms with Gasteiger partial charge >= 0.3 is 0 Å². The van der Waals surface area contributed by atoms with Crippen molar-refractivity contribution in [1.29, 1.82) is 0 Å². The smallest absolute Gasteiger partial charge is 0.110 e. The predicted molar refractivity (Wildman–Crippen MR) is 80.6 cm³/mol. The molecule has 1 unspecified atom stereocenters. The minimum absolute atomic E-state index is 0.0617. The van der Waals surface area contributed by atoms with Crippen molar-refractivity contribution in [3.05, 3.63) is 51.5 Å². The molecule has 2 rings (SSSR count). The second-order valence-corrected chi connectivity index (χ2v) is 5.64. The summed E-state index contributed by atoms with van der Waals surface area (Å²) in [6, 6.07) is 4.38. The topological polar surface area (TPSA) is 55.9 Å². The van der Waals surface area contributed by atoms with Gasteiger partial charge in [0.15, 0.2) is 0 Å². The number of hydrogen-bond acceptors (Lipinski definition) is 3. The van der Waals surface area contributed by atoms with E-state index >= 15 is 0 Å². The number of imidazole rings is 1. The van der Waals surface area contributed by atoms with Crippen LogP contribution in [0.5, 0.6) is 0 Å². The van der Waals surface area contributed by atoms with Crippen LogP contribution in [0.25, 0.3) is 0 Å². The van der Waals surface area contributed by atoms with E-state index in [1.165, 1.54) is 16.7 Å². The van der Waals surface area contributed by atoms with Gasteiger partial charge in [-0.15, -0.1) is 0 Å². The zero-order chi connectivity index (χ0) is 14.0. The molecule has 0 saturated carbocycles. The van der Waals surface area contributed by atoms with Gasteiger partial charge in [0.25, 0.3) is 0 Å². The molecule has 1 atom stereocenters.